The Labute approximate surface area is 213 Å². The van der Waals surface area contributed by atoms with Crippen molar-refractivity contribution in [2.75, 3.05) is 11.9 Å². The van der Waals surface area contributed by atoms with Gasteiger partial charge in [0.2, 0.25) is 0 Å². The van der Waals surface area contributed by atoms with Gasteiger partial charge in [0.15, 0.2) is 0 Å². The fourth-order valence-electron chi connectivity index (χ4n) is 3.73. The number of carboxylic acid groups (broad SMARTS) is 1. The number of hydrogen-bond acceptors (Lipinski definition) is 4. The summed E-state index contributed by atoms with van der Waals surface area (Å²) >= 11 is 1.29. The molecule has 8 heteroatoms. The van der Waals surface area contributed by atoms with Crippen LogP contribution in [0, 0.1) is 6.92 Å². The molecule has 36 heavy (non-hydrogen) atoms. The van der Waals surface area contributed by atoms with Crippen molar-refractivity contribution in [3.8, 4) is 0 Å². The second-order valence-electron chi connectivity index (χ2n) is 8.50. The van der Waals surface area contributed by atoms with Gasteiger partial charge in [0.05, 0.1) is 17.8 Å². The molecule has 0 atom stereocenters. The second-order valence-corrected chi connectivity index (χ2v) is 9.67. The maximum atomic E-state index is 13.4. The molecule has 0 aliphatic rings. The molecule has 0 aliphatic carbocycles. The topological polar surface area (TPSA) is 98.7 Å². The molecule has 184 valence electrons. The molecule has 0 fully saturated rings. The first-order valence-corrected chi connectivity index (χ1v) is 12.4. The zero-order valence-corrected chi connectivity index (χ0v) is 20.7. The van der Waals surface area contributed by atoms with Crippen LogP contribution in [-0.2, 0) is 17.9 Å². The predicted octanol–water partition coefficient (Wildman–Crippen LogP) is 5.65. The number of carbonyl (C=O) groups excluding carboxylic acids is 2. The lowest BCUT2D eigenvalue weighted by Gasteiger charge is -2.23. The van der Waals surface area contributed by atoms with Crippen molar-refractivity contribution in [2.45, 2.75) is 26.4 Å². The third-order valence-corrected chi connectivity index (χ3v) is 6.71. The summed E-state index contributed by atoms with van der Waals surface area (Å²) in [5.41, 5.74) is 2.84. The third kappa shape index (κ3) is 6.70. The summed E-state index contributed by atoms with van der Waals surface area (Å²) in [6, 6.07) is 25.1. The van der Waals surface area contributed by atoms with Crippen molar-refractivity contribution in [3.05, 3.63) is 99.7 Å². The number of nitrogens with one attached hydrogen (secondary N) is 2. The van der Waals surface area contributed by atoms with Crippen LogP contribution in [0.25, 0.3) is 10.8 Å². The average Bonchev–Trinajstić information content (AvgIpc) is 3.33. The lowest BCUT2D eigenvalue weighted by Crippen LogP contribution is -2.33. The van der Waals surface area contributed by atoms with Crippen LogP contribution in [0.2, 0.25) is 0 Å². The van der Waals surface area contributed by atoms with Crippen LogP contribution in [-0.4, -0.2) is 34.5 Å². The highest BCUT2D eigenvalue weighted by Crippen LogP contribution is 2.22. The molecule has 0 spiro atoms. The number of hydrogen-bond donors (Lipinski definition) is 3. The fraction of sp³-hybridized carbons (Fsp3) is 0.179. The van der Waals surface area contributed by atoms with Gasteiger partial charge >= 0.3 is 12.0 Å². The largest absolute Gasteiger partial charge is 0.481 e. The first-order chi connectivity index (χ1) is 17.4. The minimum atomic E-state index is -0.966. The van der Waals surface area contributed by atoms with E-state index >= 15 is 0 Å². The minimum absolute atomic E-state index is 0.0646. The van der Waals surface area contributed by atoms with E-state index in [4.69, 9.17) is 5.11 Å². The van der Waals surface area contributed by atoms with Crippen LogP contribution < -0.4 is 10.6 Å². The molecular weight excluding hydrogens is 474 g/mol. The molecule has 3 amide bonds. The van der Waals surface area contributed by atoms with E-state index in [0.717, 1.165) is 26.8 Å². The maximum absolute atomic E-state index is 13.4. The zero-order chi connectivity index (χ0) is 25.5. The number of nitrogens with zero attached hydrogens (tertiary/aromatic N) is 1. The number of carbonyl (C=O) groups is 3. The van der Waals surface area contributed by atoms with Gasteiger partial charge in [-0.25, -0.2) is 4.79 Å². The van der Waals surface area contributed by atoms with Crippen molar-refractivity contribution in [1.82, 2.24) is 10.2 Å². The smallest absolute Gasteiger partial charge is 0.322 e. The molecule has 7 nitrogen and oxygen atoms in total. The van der Waals surface area contributed by atoms with Gasteiger partial charge in [-0.05, 0) is 47.5 Å². The van der Waals surface area contributed by atoms with Gasteiger partial charge in [-0.15, -0.1) is 11.3 Å². The van der Waals surface area contributed by atoms with Crippen LogP contribution in [0.15, 0.2) is 78.9 Å². The van der Waals surface area contributed by atoms with Gasteiger partial charge in [0.25, 0.3) is 5.91 Å². The Balaban J connectivity index is 1.49. The maximum Gasteiger partial charge on any atom is 0.322 e. The Hall–Kier alpha value is -4.17. The number of anilines is 1. The number of aryl methyl sites for hydroxylation is 1. The highest BCUT2D eigenvalue weighted by atomic mass is 32.1. The summed E-state index contributed by atoms with van der Waals surface area (Å²) < 4.78 is 0. The lowest BCUT2D eigenvalue weighted by molar-refractivity contribution is -0.136. The van der Waals surface area contributed by atoms with Crippen LogP contribution in [0.3, 0.4) is 0 Å². The number of amides is 3. The number of fused-ring (bicyclic) bond motifs is 1. The molecule has 1 heterocycles. The Kier molecular flexibility index (Phi) is 7.97. The molecule has 3 aromatic carbocycles. The summed E-state index contributed by atoms with van der Waals surface area (Å²) in [6.45, 7) is 2.80. The normalized spacial score (nSPS) is 10.7. The first kappa shape index (κ1) is 24.9. The molecule has 1 aromatic heterocycles. The van der Waals surface area contributed by atoms with Crippen molar-refractivity contribution < 1.29 is 19.5 Å². The Morgan fingerprint density at radius 1 is 0.889 bits per heavy atom. The second kappa shape index (κ2) is 11.5. The molecule has 3 N–H and O–H groups in total. The van der Waals surface area contributed by atoms with Crippen molar-refractivity contribution in [2.24, 2.45) is 0 Å². The van der Waals surface area contributed by atoms with Crippen molar-refractivity contribution in [3.63, 3.8) is 0 Å². The average molecular weight is 502 g/mol. The highest BCUT2D eigenvalue weighted by molar-refractivity contribution is 7.14. The Bertz CT molecular complexity index is 1380. The zero-order valence-electron chi connectivity index (χ0n) is 19.9. The fourth-order valence-corrected chi connectivity index (χ4v) is 4.67. The van der Waals surface area contributed by atoms with Crippen LogP contribution in [0.5, 0.6) is 0 Å². The van der Waals surface area contributed by atoms with Crippen LogP contribution in [0.1, 0.15) is 32.1 Å². The number of rotatable bonds is 9. The van der Waals surface area contributed by atoms with E-state index in [1.165, 1.54) is 11.3 Å². The van der Waals surface area contributed by atoms with Crippen LogP contribution in [0.4, 0.5) is 10.5 Å². The van der Waals surface area contributed by atoms with Crippen molar-refractivity contribution >= 4 is 45.7 Å². The van der Waals surface area contributed by atoms with Gasteiger partial charge in [0.1, 0.15) is 0 Å². The predicted molar refractivity (Wildman–Crippen MR) is 142 cm³/mol. The number of urea groups is 1. The molecule has 0 saturated carbocycles. The number of benzene rings is 3. The van der Waals surface area contributed by atoms with Crippen LogP contribution >= 0.6 is 11.3 Å². The van der Waals surface area contributed by atoms with E-state index in [1.54, 1.807) is 11.0 Å². The summed E-state index contributed by atoms with van der Waals surface area (Å²) in [7, 11) is 0. The van der Waals surface area contributed by atoms with Gasteiger partial charge in [0, 0.05) is 23.7 Å². The van der Waals surface area contributed by atoms with Crippen molar-refractivity contribution in [1.29, 1.82) is 0 Å². The van der Waals surface area contributed by atoms with E-state index in [2.05, 4.69) is 10.6 Å². The summed E-state index contributed by atoms with van der Waals surface area (Å²) in [6.07, 6.45) is -0.136. The third-order valence-electron chi connectivity index (χ3n) is 5.64. The van der Waals surface area contributed by atoms with E-state index in [1.807, 2.05) is 79.7 Å². The van der Waals surface area contributed by atoms with E-state index < -0.39 is 5.97 Å². The van der Waals surface area contributed by atoms with E-state index in [9.17, 15) is 14.4 Å². The standard InChI is InChI=1S/C28H27N3O4S/c1-19-6-8-20(9-7-19)17-31(18-24-12-13-25(36-24)27(34)29-15-14-26(32)33)28(35)30-23-11-10-21-4-2-3-5-22(21)16-23/h2-13,16H,14-15,17-18H2,1H3,(H,29,34)(H,30,35)(H,32,33). The van der Waals surface area contributed by atoms with Gasteiger partial charge in [-0.3, -0.25) is 9.59 Å². The highest BCUT2D eigenvalue weighted by Gasteiger charge is 2.18. The molecule has 4 rings (SSSR count). The van der Waals surface area contributed by atoms with Gasteiger partial charge in [-0.2, -0.15) is 0 Å². The molecule has 0 radical (unpaired) electrons. The Morgan fingerprint density at radius 3 is 2.39 bits per heavy atom. The molecule has 0 unspecified atom stereocenters. The van der Waals surface area contributed by atoms with Gasteiger partial charge in [-0.1, -0.05) is 60.2 Å². The molecule has 4 aromatic rings. The summed E-state index contributed by atoms with van der Waals surface area (Å²) in [4.78, 5) is 39.4. The first-order valence-electron chi connectivity index (χ1n) is 11.6. The number of aliphatic carboxylic acids is 1. The van der Waals surface area contributed by atoms with E-state index in [-0.39, 0.29) is 24.9 Å². The molecule has 0 aliphatic heterocycles. The molecule has 0 saturated heterocycles. The molecule has 0 bridgehead atoms. The van der Waals surface area contributed by atoms with Gasteiger partial charge < -0.3 is 20.6 Å². The monoisotopic (exact) mass is 501 g/mol. The Morgan fingerprint density at radius 2 is 1.64 bits per heavy atom. The number of thiophene rings is 1. The molecular formula is C28H27N3O4S. The summed E-state index contributed by atoms with van der Waals surface area (Å²) in [5, 5.41) is 16.5. The number of carboxylic acids is 1. The lowest BCUT2D eigenvalue weighted by atomic mass is 10.1. The van der Waals surface area contributed by atoms with E-state index in [0.29, 0.717) is 23.7 Å². The minimum Gasteiger partial charge on any atom is -0.481 e. The quantitative estimate of drug-likeness (QED) is 0.276. The summed E-state index contributed by atoms with van der Waals surface area (Å²) in [5.74, 6) is -1.29. The SMILES string of the molecule is Cc1ccc(CN(Cc2ccc(C(=O)NCCC(=O)O)s2)C(=O)Nc2ccc3ccccc3c2)cc1.